The van der Waals surface area contributed by atoms with Gasteiger partial charge in [-0.15, -0.1) is 4.67 Å². The van der Waals surface area contributed by atoms with Crippen LogP contribution < -0.4 is 4.52 Å². The minimum Gasteiger partial charge on any atom is -0.478 e. The zero-order chi connectivity index (χ0) is 24.6. The Morgan fingerprint density at radius 1 is 1.26 bits per heavy atom. The standard InChI is InChI=1S/C23H31O10P/c1-4-17-12-15-6-5-7-18(13-15)22(17)23(28-2,32-31-22)19-10-8-16(9-11-21(24)25)20(14-19)30-34(26,27)33-29-3/h8-11,14-15,17-18H,4-7,12-13H2,1-3H3,(H,24,25)(H,26,27)/b11-9+. The third-order valence-electron chi connectivity index (χ3n) is 7.39. The highest BCUT2D eigenvalue weighted by Crippen LogP contribution is 2.65. The highest BCUT2D eigenvalue weighted by atomic mass is 31.2. The van der Waals surface area contributed by atoms with Gasteiger partial charge in [0.15, 0.2) is 5.60 Å². The fourth-order valence-corrected chi connectivity index (χ4v) is 6.72. The summed E-state index contributed by atoms with van der Waals surface area (Å²) in [5.74, 6) is -1.45. The number of benzene rings is 1. The first-order valence-electron chi connectivity index (χ1n) is 11.4. The molecule has 0 aromatic heterocycles. The maximum absolute atomic E-state index is 12.3. The zero-order valence-electron chi connectivity index (χ0n) is 19.5. The molecule has 2 aliphatic carbocycles. The smallest absolute Gasteiger partial charge is 0.478 e. The lowest BCUT2D eigenvalue weighted by Crippen LogP contribution is -2.74. The molecular formula is C23H31O10P. The van der Waals surface area contributed by atoms with E-state index < -0.39 is 25.2 Å². The molecule has 11 heteroatoms. The van der Waals surface area contributed by atoms with E-state index >= 15 is 0 Å². The number of fused-ring (bicyclic) bond motifs is 3. The summed E-state index contributed by atoms with van der Waals surface area (Å²) in [4.78, 5) is 37.1. The van der Waals surface area contributed by atoms with Crippen molar-refractivity contribution < 1.29 is 48.0 Å². The van der Waals surface area contributed by atoms with Gasteiger partial charge in [-0.3, -0.25) is 4.89 Å². The number of carbonyl (C=O) groups is 1. The van der Waals surface area contributed by atoms with E-state index in [0.717, 1.165) is 45.3 Å². The largest absolute Gasteiger partial charge is 0.555 e. The van der Waals surface area contributed by atoms with Gasteiger partial charge in [-0.2, -0.15) is 4.89 Å². The van der Waals surface area contributed by atoms with E-state index in [2.05, 4.69) is 16.5 Å². The number of hydrogen-bond donors (Lipinski definition) is 2. The van der Waals surface area contributed by atoms with Crippen molar-refractivity contribution in [2.24, 2.45) is 17.8 Å². The molecule has 0 radical (unpaired) electrons. The summed E-state index contributed by atoms with van der Waals surface area (Å²) in [6, 6.07) is 4.79. The van der Waals surface area contributed by atoms with Gasteiger partial charge in [-0.25, -0.2) is 19.1 Å². The Labute approximate surface area is 198 Å². The second-order valence-corrected chi connectivity index (χ2v) is 10.3. The highest BCUT2D eigenvalue weighted by Gasteiger charge is 2.74. The van der Waals surface area contributed by atoms with Crippen LogP contribution in [0.15, 0.2) is 24.3 Å². The first-order valence-corrected chi connectivity index (χ1v) is 12.9. The summed E-state index contributed by atoms with van der Waals surface area (Å²) < 4.78 is 27.9. The number of phosphoric acid groups is 1. The van der Waals surface area contributed by atoms with Crippen molar-refractivity contribution in [1.29, 1.82) is 0 Å². The number of hydrogen-bond acceptors (Lipinski definition) is 8. The Morgan fingerprint density at radius 2 is 2.06 bits per heavy atom. The van der Waals surface area contributed by atoms with Gasteiger partial charge >= 0.3 is 13.8 Å². The lowest BCUT2D eigenvalue weighted by Gasteiger charge is -2.64. The van der Waals surface area contributed by atoms with Gasteiger partial charge in [-0.05, 0) is 49.2 Å². The van der Waals surface area contributed by atoms with Gasteiger partial charge in [0.25, 0.3) is 5.79 Å². The molecule has 0 amide bonds. The Bertz CT molecular complexity index is 988. The molecule has 6 unspecified atom stereocenters. The summed E-state index contributed by atoms with van der Waals surface area (Å²) in [6.07, 6.45) is 8.41. The molecule has 1 saturated heterocycles. The van der Waals surface area contributed by atoms with Crippen LogP contribution in [0.5, 0.6) is 5.75 Å². The van der Waals surface area contributed by atoms with Crippen LogP contribution in [-0.4, -0.2) is 35.8 Å². The van der Waals surface area contributed by atoms with E-state index in [1.807, 2.05) is 0 Å². The molecule has 188 valence electrons. The van der Waals surface area contributed by atoms with Gasteiger partial charge in [0, 0.05) is 24.3 Å². The van der Waals surface area contributed by atoms with Crippen molar-refractivity contribution in [1.82, 2.24) is 0 Å². The second kappa shape index (κ2) is 9.70. The van der Waals surface area contributed by atoms with Crippen molar-refractivity contribution in [2.75, 3.05) is 14.2 Å². The average molecular weight is 498 g/mol. The average Bonchev–Trinajstić information content (AvgIpc) is 2.77. The minimum atomic E-state index is -4.65. The van der Waals surface area contributed by atoms with Gasteiger partial charge in [0.05, 0.1) is 7.11 Å². The minimum absolute atomic E-state index is 0.0923. The molecule has 1 spiro atoms. The summed E-state index contributed by atoms with van der Waals surface area (Å²) in [7, 11) is -2.03. The molecule has 34 heavy (non-hydrogen) atoms. The Morgan fingerprint density at radius 3 is 2.68 bits per heavy atom. The Hall–Kier alpha value is -1.78. The fraction of sp³-hybridized carbons (Fsp3) is 0.609. The molecule has 1 aromatic carbocycles. The molecule has 6 atom stereocenters. The van der Waals surface area contributed by atoms with Crippen molar-refractivity contribution in [2.45, 2.75) is 56.8 Å². The van der Waals surface area contributed by atoms with Crippen LogP contribution >= 0.6 is 7.82 Å². The summed E-state index contributed by atoms with van der Waals surface area (Å²) in [6.45, 7) is 2.13. The number of ether oxygens (including phenoxy) is 1. The van der Waals surface area contributed by atoms with Gasteiger partial charge in [-0.1, -0.05) is 38.3 Å². The second-order valence-electron chi connectivity index (χ2n) is 9.08. The van der Waals surface area contributed by atoms with Crippen LogP contribution in [-0.2, 0) is 39.2 Å². The van der Waals surface area contributed by atoms with E-state index in [1.54, 1.807) is 19.2 Å². The monoisotopic (exact) mass is 498 g/mol. The van der Waals surface area contributed by atoms with Gasteiger partial charge in [0.1, 0.15) is 5.75 Å². The quantitative estimate of drug-likeness (QED) is 0.216. The molecule has 2 N–H and O–H groups in total. The molecule has 1 aromatic rings. The number of aliphatic carboxylic acids is 1. The molecule has 2 bridgehead atoms. The van der Waals surface area contributed by atoms with Crippen LogP contribution in [0.3, 0.4) is 0 Å². The van der Waals surface area contributed by atoms with Crippen LogP contribution in [0.2, 0.25) is 0 Å². The maximum atomic E-state index is 12.3. The van der Waals surface area contributed by atoms with Crippen LogP contribution in [0.1, 0.15) is 56.6 Å². The fourth-order valence-electron chi connectivity index (χ4n) is 6.10. The summed E-state index contributed by atoms with van der Waals surface area (Å²) >= 11 is 0. The predicted molar refractivity (Wildman–Crippen MR) is 119 cm³/mol. The normalized spacial score (nSPS) is 34.5. The van der Waals surface area contributed by atoms with E-state index in [9.17, 15) is 14.3 Å². The maximum Gasteiger partial charge on any atom is 0.555 e. The van der Waals surface area contributed by atoms with Crippen LogP contribution in [0, 0.1) is 17.8 Å². The van der Waals surface area contributed by atoms with Gasteiger partial charge in [0.2, 0.25) is 0 Å². The molecule has 2 saturated carbocycles. The zero-order valence-corrected chi connectivity index (χ0v) is 20.4. The first-order chi connectivity index (χ1) is 16.2. The van der Waals surface area contributed by atoms with Crippen molar-refractivity contribution in [3.8, 4) is 5.75 Å². The Balaban J connectivity index is 1.79. The topological polar surface area (TPSA) is 130 Å². The Kier molecular flexibility index (Phi) is 7.22. The van der Waals surface area contributed by atoms with Crippen molar-refractivity contribution in [3.63, 3.8) is 0 Å². The number of phosphoric ester groups is 1. The summed E-state index contributed by atoms with van der Waals surface area (Å²) in [5, 5.41) is 9.02. The number of carboxylic acids is 1. The van der Waals surface area contributed by atoms with E-state index in [0.29, 0.717) is 11.5 Å². The lowest BCUT2D eigenvalue weighted by atomic mass is 9.54. The van der Waals surface area contributed by atoms with Crippen LogP contribution in [0.25, 0.3) is 6.08 Å². The van der Waals surface area contributed by atoms with E-state index in [4.69, 9.17) is 24.1 Å². The third-order valence-corrected chi connectivity index (χ3v) is 8.15. The predicted octanol–water partition coefficient (Wildman–Crippen LogP) is 4.58. The number of methoxy groups -OCH3 is 1. The molecule has 10 nitrogen and oxygen atoms in total. The molecule has 4 rings (SSSR count). The molecule has 3 fully saturated rings. The van der Waals surface area contributed by atoms with E-state index in [1.165, 1.54) is 18.6 Å². The van der Waals surface area contributed by atoms with E-state index in [-0.39, 0.29) is 23.1 Å². The van der Waals surface area contributed by atoms with Crippen molar-refractivity contribution in [3.05, 3.63) is 35.4 Å². The molecule has 3 aliphatic rings. The molecule has 1 heterocycles. The number of rotatable bonds is 9. The summed E-state index contributed by atoms with van der Waals surface area (Å²) in [5.41, 5.74) is 0.0624. The highest BCUT2D eigenvalue weighted by molar-refractivity contribution is 7.47. The SMILES string of the molecule is CCC1CC2CCCC(C2)C12OOC2(OC)c1ccc(/C=C/C(=O)O)c(OP(=O)(O)OOC)c1. The van der Waals surface area contributed by atoms with Gasteiger partial charge < -0.3 is 14.4 Å². The molecular weight excluding hydrogens is 467 g/mol. The van der Waals surface area contributed by atoms with Crippen LogP contribution in [0.4, 0.5) is 0 Å². The lowest BCUT2D eigenvalue weighted by molar-refractivity contribution is -0.641. The van der Waals surface area contributed by atoms with Crippen molar-refractivity contribution >= 4 is 19.9 Å². The molecule has 1 aliphatic heterocycles. The number of carboxylic acid groups (broad SMARTS) is 1. The first kappa shape index (κ1) is 25.3. The third kappa shape index (κ3) is 4.22.